The maximum Gasteiger partial charge on any atom is 0.0768 e. The molecule has 0 spiro atoms. The van der Waals surface area contributed by atoms with Crippen molar-refractivity contribution in [2.45, 2.75) is 32.9 Å². The number of terminal acetylenes is 1. The lowest BCUT2D eigenvalue weighted by molar-refractivity contribution is 0.170. The molecular weight excluding hydrogens is 182 g/mol. The molecule has 80 valence electrons. The van der Waals surface area contributed by atoms with E-state index in [2.05, 4.69) is 55.9 Å². The van der Waals surface area contributed by atoms with Crippen LogP contribution in [0.5, 0.6) is 0 Å². The highest BCUT2D eigenvalue weighted by Crippen LogP contribution is 2.16. The van der Waals surface area contributed by atoms with E-state index in [9.17, 15) is 0 Å². The van der Waals surface area contributed by atoms with Crippen LogP contribution < -0.4 is 0 Å². The zero-order valence-corrected chi connectivity index (χ0v) is 9.83. The normalized spacial score (nSPS) is 11.4. The van der Waals surface area contributed by atoms with E-state index < -0.39 is 0 Å². The molecule has 0 N–H and O–H groups in total. The van der Waals surface area contributed by atoms with Crippen LogP contribution in [0.1, 0.15) is 26.3 Å². The molecule has 1 rings (SSSR count). The van der Waals surface area contributed by atoms with Crippen LogP contribution in [0.2, 0.25) is 0 Å². The van der Waals surface area contributed by atoms with Crippen LogP contribution in [0.25, 0.3) is 0 Å². The Morgan fingerprint density at radius 3 is 2.33 bits per heavy atom. The van der Waals surface area contributed by atoms with Gasteiger partial charge >= 0.3 is 0 Å². The summed E-state index contributed by atoms with van der Waals surface area (Å²) in [5.74, 6) is 2.84. The van der Waals surface area contributed by atoms with Crippen molar-refractivity contribution in [3.05, 3.63) is 35.9 Å². The molecule has 1 heteroatoms. The third-order valence-corrected chi connectivity index (χ3v) is 2.74. The maximum atomic E-state index is 5.54. The summed E-state index contributed by atoms with van der Waals surface area (Å²) >= 11 is 0. The summed E-state index contributed by atoms with van der Waals surface area (Å²) in [7, 11) is 0. The van der Waals surface area contributed by atoms with Crippen molar-refractivity contribution < 1.29 is 0 Å². The molecule has 1 aromatic rings. The molecule has 0 heterocycles. The lowest BCUT2D eigenvalue weighted by Crippen LogP contribution is -2.41. The van der Waals surface area contributed by atoms with Gasteiger partial charge in [-0.05, 0) is 26.0 Å². The second-order valence-electron chi connectivity index (χ2n) is 4.20. The summed E-state index contributed by atoms with van der Waals surface area (Å²) in [6.45, 7) is 8.18. The van der Waals surface area contributed by atoms with Gasteiger partial charge in [0, 0.05) is 6.54 Å². The molecule has 0 amide bonds. The van der Waals surface area contributed by atoms with Crippen molar-refractivity contribution >= 4 is 0 Å². The van der Waals surface area contributed by atoms with Gasteiger partial charge in [0.25, 0.3) is 0 Å². The van der Waals surface area contributed by atoms with Gasteiger partial charge in [-0.25, -0.2) is 0 Å². The van der Waals surface area contributed by atoms with Crippen molar-refractivity contribution in [1.82, 2.24) is 4.90 Å². The van der Waals surface area contributed by atoms with Crippen LogP contribution >= 0.6 is 0 Å². The maximum absolute atomic E-state index is 5.54. The smallest absolute Gasteiger partial charge is 0.0768 e. The second kappa shape index (κ2) is 5.00. The Balaban J connectivity index is 2.76. The van der Waals surface area contributed by atoms with Crippen molar-refractivity contribution in [1.29, 1.82) is 0 Å². The minimum absolute atomic E-state index is 0.176. The van der Waals surface area contributed by atoms with Crippen LogP contribution in [0.15, 0.2) is 30.3 Å². The molecule has 0 saturated heterocycles. The predicted molar refractivity (Wildman–Crippen MR) is 65.4 cm³/mol. The third kappa shape index (κ3) is 3.11. The number of hydrogen-bond acceptors (Lipinski definition) is 1. The Bertz CT molecular complexity index is 332. The topological polar surface area (TPSA) is 3.24 Å². The molecule has 0 aliphatic heterocycles. The molecule has 15 heavy (non-hydrogen) atoms. The van der Waals surface area contributed by atoms with E-state index in [4.69, 9.17) is 6.42 Å². The van der Waals surface area contributed by atoms with Crippen LogP contribution in [-0.4, -0.2) is 17.0 Å². The fourth-order valence-corrected chi connectivity index (χ4v) is 1.60. The molecule has 0 aliphatic rings. The molecule has 1 aromatic carbocycles. The molecule has 0 atom stereocenters. The first-order chi connectivity index (χ1) is 7.10. The summed E-state index contributed by atoms with van der Waals surface area (Å²) in [6, 6.07) is 10.4. The molecule has 0 saturated carbocycles. The fourth-order valence-electron chi connectivity index (χ4n) is 1.60. The Hall–Kier alpha value is -1.26. The Morgan fingerprint density at radius 2 is 1.87 bits per heavy atom. The highest BCUT2D eigenvalue weighted by atomic mass is 15.2. The summed E-state index contributed by atoms with van der Waals surface area (Å²) in [4.78, 5) is 2.29. The third-order valence-electron chi connectivity index (χ3n) is 2.74. The van der Waals surface area contributed by atoms with Crippen molar-refractivity contribution in [3.63, 3.8) is 0 Å². The molecule has 0 aliphatic carbocycles. The first-order valence-electron chi connectivity index (χ1n) is 5.37. The average Bonchev–Trinajstić information content (AvgIpc) is 2.27. The van der Waals surface area contributed by atoms with Crippen LogP contribution in [0, 0.1) is 12.3 Å². The monoisotopic (exact) mass is 201 g/mol. The summed E-state index contributed by atoms with van der Waals surface area (Å²) < 4.78 is 0. The minimum atomic E-state index is -0.176. The Morgan fingerprint density at radius 1 is 1.27 bits per heavy atom. The Labute approximate surface area is 93.1 Å². The second-order valence-corrected chi connectivity index (χ2v) is 4.20. The average molecular weight is 201 g/mol. The minimum Gasteiger partial charge on any atom is -0.284 e. The van der Waals surface area contributed by atoms with Gasteiger partial charge in [0.2, 0.25) is 0 Å². The zero-order valence-electron chi connectivity index (χ0n) is 9.83. The van der Waals surface area contributed by atoms with Gasteiger partial charge in [0.15, 0.2) is 0 Å². The molecule has 0 unspecified atom stereocenters. The fraction of sp³-hybridized carbons (Fsp3) is 0.429. The van der Waals surface area contributed by atoms with Crippen LogP contribution in [0.4, 0.5) is 0 Å². The van der Waals surface area contributed by atoms with Gasteiger partial charge in [0.1, 0.15) is 0 Å². The number of nitrogens with zero attached hydrogens (tertiary/aromatic N) is 1. The van der Waals surface area contributed by atoms with E-state index in [1.165, 1.54) is 5.56 Å². The van der Waals surface area contributed by atoms with Crippen molar-refractivity contribution in [2.75, 3.05) is 6.54 Å². The number of rotatable bonds is 4. The first kappa shape index (κ1) is 11.8. The van der Waals surface area contributed by atoms with E-state index >= 15 is 0 Å². The largest absolute Gasteiger partial charge is 0.284 e. The van der Waals surface area contributed by atoms with Gasteiger partial charge < -0.3 is 0 Å². The van der Waals surface area contributed by atoms with Gasteiger partial charge in [-0.1, -0.05) is 43.2 Å². The highest BCUT2D eigenvalue weighted by molar-refractivity contribution is 5.17. The first-order valence-corrected chi connectivity index (χ1v) is 5.37. The predicted octanol–water partition coefficient (Wildman–Crippen LogP) is 2.92. The quantitative estimate of drug-likeness (QED) is 0.677. The van der Waals surface area contributed by atoms with Gasteiger partial charge in [-0.2, -0.15) is 0 Å². The van der Waals surface area contributed by atoms with Crippen LogP contribution in [-0.2, 0) is 6.54 Å². The van der Waals surface area contributed by atoms with E-state index in [0.29, 0.717) is 0 Å². The van der Waals surface area contributed by atoms with Gasteiger partial charge in [0.05, 0.1) is 5.54 Å². The molecule has 1 nitrogen and oxygen atoms in total. The summed E-state index contributed by atoms with van der Waals surface area (Å²) in [5, 5.41) is 0. The van der Waals surface area contributed by atoms with E-state index in [1.54, 1.807) is 0 Å². The van der Waals surface area contributed by atoms with E-state index in [1.807, 2.05) is 6.07 Å². The highest BCUT2D eigenvalue weighted by Gasteiger charge is 2.22. The molecule has 0 fully saturated rings. The van der Waals surface area contributed by atoms with Crippen molar-refractivity contribution in [2.24, 2.45) is 0 Å². The summed E-state index contributed by atoms with van der Waals surface area (Å²) in [6.07, 6.45) is 5.54. The van der Waals surface area contributed by atoms with Gasteiger partial charge in [-0.3, -0.25) is 4.90 Å². The molecular formula is C14H19N. The van der Waals surface area contributed by atoms with Crippen LogP contribution in [0.3, 0.4) is 0 Å². The number of hydrogen-bond donors (Lipinski definition) is 0. The number of benzene rings is 1. The lowest BCUT2D eigenvalue weighted by Gasteiger charge is -2.33. The summed E-state index contributed by atoms with van der Waals surface area (Å²) in [5.41, 5.74) is 1.13. The Kier molecular flexibility index (Phi) is 3.94. The van der Waals surface area contributed by atoms with Gasteiger partial charge in [-0.15, -0.1) is 6.42 Å². The lowest BCUT2D eigenvalue weighted by atomic mass is 10.0. The van der Waals surface area contributed by atoms with E-state index in [0.717, 1.165) is 13.1 Å². The SMILES string of the molecule is C#CC(C)(C)N(CC)Cc1ccccc1. The molecule has 0 bridgehead atoms. The molecule has 0 radical (unpaired) electrons. The van der Waals surface area contributed by atoms with Crippen molar-refractivity contribution in [3.8, 4) is 12.3 Å². The zero-order chi connectivity index (χ0) is 11.3. The molecule has 0 aromatic heterocycles. The standard InChI is InChI=1S/C14H19N/c1-5-14(3,4)15(6-2)12-13-10-8-7-9-11-13/h1,7-11H,6,12H2,2-4H3. The van der Waals surface area contributed by atoms with E-state index in [-0.39, 0.29) is 5.54 Å².